The molecule has 108 valence electrons. The van der Waals surface area contributed by atoms with Gasteiger partial charge in [0.25, 0.3) is 0 Å². The second-order valence-electron chi connectivity index (χ2n) is 6.35. The Hall–Kier alpha value is -1.03. The van der Waals surface area contributed by atoms with Gasteiger partial charge in [0, 0.05) is 12.1 Å². The summed E-state index contributed by atoms with van der Waals surface area (Å²) in [4.78, 5) is 26.4. The summed E-state index contributed by atoms with van der Waals surface area (Å²) in [6, 6.07) is -0.919. The predicted molar refractivity (Wildman–Crippen MR) is 76.7 cm³/mol. The standard InChI is InChI=1S/C14H23ClN2O2/c1-9(2)10-12(18)16-11(14(3,4)5)13(19)17(10)8-6-7-15/h6-7,9-11H,8H2,1-5H3,(H,16,18)/b7-6+. The fourth-order valence-electron chi connectivity index (χ4n) is 2.34. The number of halogens is 1. The van der Waals surface area contributed by atoms with E-state index >= 15 is 0 Å². The molecule has 2 atom stereocenters. The molecule has 0 aromatic rings. The normalized spacial score (nSPS) is 25.3. The van der Waals surface area contributed by atoms with Gasteiger partial charge in [-0.15, -0.1) is 0 Å². The Morgan fingerprint density at radius 3 is 2.37 bits per heavy atom. The first-order valence-electron chi connectivity index (χ1n) is 6.56. The minimum atomic E-state index is -0.487. The van der Waals surface area contributed by atoms with E-state index in [1.165, 1.54) is 5.54 Å². The number of carbonyl (C=O) groups is 2. The summed E-state index contributed by atoms with van der Waals surface area (Å²) < 4.78 is 0. The van der Waals surface area contributed by atoms with Crippen molar-refractivity contribution in [2.45, 2.75) is 46.7 Å². The minimum absolute atomic E-state index is 0.0411. The molecule has 2 unspecified atom stereocenters. The van der Waals surface area contributed by atoms with Crippen molar-refractivity contribution in [2.24, 2.45) is 11.3 Å². The monoisotopic (exact) mass is 286 g/mol. The van der Waals surface area contributed by atoms with Crippen molar-refractivity contribution < 1.29 is 9.59 Å². The van der Waals surface area contributed by atoms with Crippen molar-refractivity contribution in [1.82, 2.24) is 10.2 Å². The topological polar surface area (TPSA) is 49.4 Å². The number of carbonyl (C=O) groups excluding carboxylic acids is 2. The van der Waals surface area contributed by atoms with Crippen LogP contribution in [-0.2, 0) is 9.59 Å². The van der Waals surface area contributed by atoms with Crippen LogP contribution in [0.25, 0.3) is 0 Å². The highest BCUT2D eigenvalue weighted by Crippen LogP contribution is 2.27. The average Bonchev–Trinajstić information content (AvgIpc) is 2.27. The highest BCUT2D eigenvalue weighted by Gasteiger charge is 2.45. The Bertz CT molecular complexity index is 385. The van der Waals surface area contributed by atoms with E-state index in [1.807, 2.05) is 34.6 Å². The summed E-state index contributed by atoms with van der Waals surface area (Å²) in [5.41, 5.74) is 1.07. The van der Waals surface area contributed by atoms with Crippen LogP contribution < -0.4 is 5.32 Å². The van der Waals surface area contributed by atoms with E-state index in [1.54, 1.807) is 11.0 Å². The number of rotatable bonds is 3. The third kappa shape index (κ3) is 3.50. The fourth-order valence-corrected chi connectivity index (χ4v) is 2.42. The van der Waals surface area contributed by atoms with E-state index in [9.17, 15) is 9.59 Å². The lowest BCUT2D eigenvalue weighted by Gasteiger charge is -2.44. The first kappa shape index (κ1) is 16.0. The molecule has 19 heavy (non-hydrogen) atoms. The third-order valence-corrected chi connectivity index (χ3v) is 3.49. The van der Waals surface area contributed by atoms with E-state index in [2.05, 4.69) is 5.32 Å². The maximum atomic E-state index is 12.6. The molecule has 0 aliphatic carbocycles. The molecule has 0 saturated carbocycles. The highest BCUT2D eigenvalue weighted by molar-refractivity contribution is 6.25. The van der Waals surface area contributed by atoms with E-state index < -0.39 is 12.1 Å². The summed E-state index contributed by atoms with van der Waals surface area (Å²) >= 11 is 5.54. The van der Waals surface area contributed by atoms with Gasteiger partial charge in [-0.25, -0.2) is 0 Å². The van der Waals surface area contributed by atoms with Gasteiger partial charge in [0.1, 0.15) is 12.1 Å². The molecular weight excluding hydrogens is 264 g/mol. The van der Waals surface area contributed by atoms with Crippen LogP contribution in [-0.4, -0.2) is 35.3 Å². The predicted octanol–water partition coefficient (Wildman–Crippen LogP) is 2.14. The number of nitrogens with zero attached hydrogens (tertiary/aromatic N) is 1. The van der Waals surface area contributed by atoms with Gasteiger partial charge < -0.3 is 10.2 Å². The lowest BCUT2D eigenvalue weighted by molar-refractivity contribution is -0.153. The lowest BCUT2D eigenvalue weighted by Crippen LogP contribution is -2.67. The molecule has 4 nitrogen and oxygen atoms in total. The number of hydrogen-bond donors (Lipinski definition) is 1. The molecule has 0 bridgehead atoms. The molecular formula is C14H23ClN2O2. The maximum Gasteiger partial charge on any atom is 0.246 e. The zero-order valence-electron chi connectivity index (χ0n) is 12.2. The zero-order valence-corrected chi connectivity index (χ0v) is 13.0. The summed E-state index contributed by atoms with van der Waals surface area (Å²) in [7, 11) is 0. The van der Waals surface area contributed by atoms with Crippen molar-refractivity contribution in [1.29, 1.82) is 0 Å². The van der Waals surface area contributed by atoms with Crippen LogP contribution >= 0.6 is 11.6 Å². The van der Waals surface area contributed by atoms with Crippen molar-refractivity contribution in [3.05, 3.63) is 11.6 Å². The maximum absolute atomic E-state index is 12.6. The minimum Gasteiger partial charge on any atom is -0.342 e. The van der Waals surface area contributed by atoms with Gasteiger partial charge in [-0.3, -0.25) is 9.59 Å². The van der Waals surface area contributed by atoms with Crippen LogP contribution in [0.3, 0.4) is 0 Å². The quantitative estimate of drug-likeness (QED) is 0.864. The van der Waals surface area contributed by atoms with Gasteiger partial charge in [0.2, 0.25) is 11.8 Å². The Morgan fingerprint density at radius 2 is 1.95 bits per heavy atom. The number of amides is 2. The van der Waals surface area contributed by atoms with Crippen LogP contribution in [0.15, 0.2) is 11.6 Å². The van der Waals surface area contributed by atoms with Crippen LogP contribution in [0.4, 0.5) is 0 Å². The molecule has 0 aromatic carbocycles. The van der Waals surface area contributed by atoms with Crippen LogP contribution in [0.5, 0.6) is 0 Å². The Balaban J connectivity index is 3.08. The Labute approximate surface area is 120 Å². The summed E-state index contributed by atoms with van der Waals surface area (Å²) in [5, 5.41) is 2.86. The Kier molecular flexibility index (Phi) is 5.02. The van der Waals surface area contributed by atoms with E-state index in [0.29, 0.717) is 6.54 Å². The molecule has 0 spiro atoms. The van der Waals surface area contributed by atoms with Gasteiger partial charge in [-0.2, -0.15) is 0 Å². The van der Waals surface area contributed by atoms with Crippen molar-refractivity contribution in [3.8, 4) is 0 Å². The van der Waals surface area contributed by atoms with Crippen molar-refractivity contribution in [3.63, 3.8) is 0 Å². The summed E-state index contributed by atoms with van der Waals surface area (Å²) in [5.74, 6) is -0.0633. The molecule has 2 amide bonds. The summed E-state index contributed by atoms with van der Waals surface area (Å²) in [6.45, 7) is 10.1. The molecule has 1 aliphatic rings. The van der Waals surface area contributed by atoms with Crippen LogP contribution in [0, 0.1) is 11.3 Å². The number of nitrogens with one attached hydrogen (secondary N) is 1. The molecule has 1 N–H and O–H groups in total. The smallest absolute Gasteiger partial charge is 0.246 e. The Morgan fingerprint density at radius 1 is 1.37 bits per heavy atom. The number of hydrogen-bond acceptors (Lipinski definition) is 2. The lowest BCUT2D eigenvalue weighted by atomic mass is 9.83. The van der Waals surface area contributed by atoms with Crippen molar-refractivity contribution in [2.75, 3.05) is 6.54 Å². The van der Waals surface area contributed by atoms with Gasteiger partial charge in [0.05, 0.1) is 0 Å². The molecule has 0 aromatic heterocycles. The van der Waals surface area contributed by atoms with Gasteiger partial charge in [0.15, 0.2) is 0 Å². The fraction of sp³-hybridized carbons (Fsp3) is 0.714. The van der Waals surface area contributed by atoms with Crippen molar-refractivity contribution >= 4 is 23.4 Å². The molecule has 5 heteroatoms. The average molecular weight is 287 g/mol. The largest absolute Gasteiger partial charge is 0.342 e. The molecule has 1 saturated heterocycles. The van der Waals surface area contributed by atoms with E-state index in [-0.39, 0.29) is 23.1 Å². The van der Waals surface area contributed by atoms with E-state index in [0.717, 1.165) is 0 Å². The SMILES string of the molecule is CC(C)C1C(=O)NC(C(C)(C)C)C(=O)N1C/C=C/Cl. The first-order valence-corrected chi connectivity index (χ1v) is 7.00. The second-order valence-corrected chi connectivity index (χ2v) is 6.60. The van der Waals surface area contributed by atoms with Crippen LogP contribution in [0.2, 0.25) is 0 Å². The van der Waals surface area contributed by atoms with Gasteiger partial charge in [-0.1, -0.05) is 52.3 Å². The molecule has 1 rings (SSSR count). The van der Waals surface area contributed by atoms with Gasteiger partial charge in [-0.05, 0) is 11.3 Å². The number of piperazine rings is 1. The van der Waals surface area contributed by atoms with E-state index in [4.69, 9.17) is 11.6 Å². The molecule has 1 heterocycles. The molecule has 1 aliphatic heterocycles. The third-order valence-electron chi connectivity index (χ3n) is 3.31. The van der Waals surface area contributed by atoms with Crippen LogP contribution in [0.1, 0.15) is 34.6 Å². The second kappa shape index (κ2) is 5.95. The summed E-state index contributed by atoms with van der Waals surface area (Å²) in [6.07, 6.45) is 1.69. The zero-order chi connectivity index (χ0) is 14.8. The molecule has 1 fully saturated rings. The molecule has 0 radical (unpaired) electrons. The first-order chi connectivity index (χ1) is 8.70. The highest BCUT2D eigenvalue weighted by atomic mass is 35.5. The van der Waals surface area contributed by atoms with Gasteiger partial charge >= 0.3 is 0 Å².